The van der Waals surface area contributed by atoms with E-state index in [4.69, 9.17) is 9.84 Å². The third-order valence-corrected chi connectivity index (χ3v) is 4.33. The Morgan fingerprint density at radius 1 is 1.33 bits per heavy atom. The van der Waals surface area contributed by atoms with E-state index in [0.717, 1.165) is 17.1 Å². The first kappa shape index (κ1) is 16.0. The van der Waals surface area contributed by atoms with Crippen LogP contribution in [0.5, 0.6) is 5.75 Å². The third kappa shape index (κ3) is 2.97. The van der Waals surface area contributed by atoms with Gasteiger partial charge in [-0.25, -0.2) is 4.68 Å². The molecule has 7 nitrogen and oxygen atoms in total. The summed E-state index contributed by atoms with van der Waals surface area (Å²) in [6, 6.07) is 9.02. The average Bonchev–Trinajstić information content (AvgIpc) is 3.29. The van der Waals surface area contributed by atoms with E-state index < -0.39 is 11.4 Å². The molecule has 24 heavy (non-hydrogen) atoms. The number of aryl methyl sites for hydroxylation is 1. The number of amides is 1. The second-order valence-electron chi connectivity index (χ2n) is 6.05. The molecule has 0 spiro atoms. The molecule has 0 aliphatic heterocycles. The number of methoxy groups -OCH3 is 1. The van der Waals surface area contributed by atoms with Crippen LogP contribution in [0.1, 0.15) is 29.0 Å². The molecule has 1 aliphatic rings. The van der Waals surface area contributed by atoms with Crippen LogP contribution in [0.25, 0.3) is 5.69 Å². The molecule has 1 amide bonds. The number of carbonyl (C=O) groups excluding carboxylic acids is 1. The predicted molar refractivity (Wildman–Crippen MR) is 86.5 cm³/mol. The van der Waals surface area contributed by atoms with Gasteiger partial charge >= 0.3 is 5.97 Å². The minimum atomic E-state index is -0.859. The lowest BCUT2D eigenvalue weighted by atomic mass is 10.1. The van der Waals surface area contributed by atoms with E-state index in [1.54, 1.807) is 17.9 Å². The number of rotatable bonds is 6. The number of ether oxygens (including phenoxy) is 1. The van der Waals surface area contributed by atoms with Crippen LogP contribution >= 0.6 is 0 Å². The van der Waals surface area contributed by atoms with Gasteiger partial charge in [-0.3, -0.25) is 9.59 Å². The first-order valence-electron chi connectivity index (χ1n) is 7.68. The fourth-order valence-electron chi connectivity index (χ4n) is 2.53. The highest BCUT2D eigenvalue weighted by Gasteiger charge is 2.50. The minimum Gasteiger partial charge on any atom is -0.497 e. The molecule has 126 valence electrons. The third-order valence-electron chi connectivity index (χ3n) is 4.33. The molecule has 3 rings (SSSR count). The Bertz CT molecular complexity index is 776. The summed E-state index contributed by atoms with van der Waals surface area (Å²) in [7, 11) is 1.60. The maximum absolute atomic E-state index is 12.2. The number of carboxylic acid groups (broad SMARTS) is 1. The molecule has 2 aromatic rings. The fraction of sp³-hybridized carbons (Fsp3) is 0.353. The van der Waals surface area contributed by atoms with Crippen LogP contribution in [0.3, 0.4) is 0 Å². The van der Waals surface area contributed by atoms with Crippen molar-refractivity contribution >= 4 is 11.9 Å². The molecule has 0 radical (unpaired) electrons. The number of carbonyl (C=O) groups is 2. The average molecular weight is 329 g/mol. The van der Waals surface area contributed by atoms with Gasteiger partial charge in [0.2, 0.25) is 0 Å². The van der Waals surface area contributed by atoms with Gasteiger partial charge in [0, 0.05) is 12.2 Å². The number of hydrogen-bond donors (Lipinski definition) is 2. The molecule has 1 fully saturated rings. The number of carboxylic acids is 1. The van der Waals surface area contributed by atoms with Crippen molar-refractivity contribution in [3.8, 4) is 11.4 Å². The highest BCUT2D eigenvalue weighted by Crippen LogP contribution is 2.45. The van der Waals surface area contributed by atoms with Crippen molar-refractivity contribution in [1.29, 1.82) is 0 Å². The van der Waals surface area contributed by atoms with Crippen LogP contribution in [0.4, 0.5) is 0 Å². The lowest BCUT2D eigenvalue weighted by Crippen LogP contribution is -2.34. The molecule has 0 atom stereocenters. The van der Waals surface area contributed by atoms with E-state index in [0.29, 0.717) is 12.8 Å². The quantitative estimate of drug-likeness (QED) is 0.842. The van der Waals surface area contributed by atoms with Gasteiger partial charge < -0.3 is 15.2 Å². The van der Waals surface area contributed by atoms with Gasteiger partial charge in [0.25, 0.3) is 5.91 Å². The zero-order chi connectivity index (χ0) is 17.3. The maximum Gasteiger partial charge on any atom is 0.311 e. The smallest absolute Gasteiger partial charge is 0.311 e. The molecule has 2 N–H and O–H groups in total. The summed E-state index contributed by atoms with van der Waals surface area (Å²) in [4.78, 5) is 23.4. The Morgan fingerprint density at radius 3 is 2.54 bits per heavy atom. The highest BCUT2D eigenvalue weighted by molar-refractivity contribution is 5.93. The number of hydrogen-bond acceptors (Lipinski definition) is 4. The molecule has 1 saturated carbocycles. The number of aliphatic carboxylic acids is 1. The summed E-state index contributed by atoms with van der Waals surface area (Å²) >= 11 is 0. The van der Waals surface area contributed by atoms with Gasteiger partial charge in [-0.2, -0.15) is 5.10 Å². The fourth-order valence-corrected chi connectivity index (χ4v) is 2.53. The van der Waals surface area contributed by atoms with Crippen molar-refractivity contribution < 1.29 is 19.4 Å². The number of aromatic nitrogens is 2. The predicted octanol–water partition coefficient (Wildman–Crippen LogP) is 1.78. The van der Waals surface area contributed by atoms with Crippen molar-refractivity contribution in [2.75, 3.05) is 13.7 Å². The number of nitrogens with zero attached hydrogens (tertiary/aromatic N) is 2. The van der Waals surface area contributed by atoms with Crippen LogP contribution in [0.2, 0.25) is 0 Å². The second-order valence-corrected chi connectivity index (χ2v) is 6.05. The summed E-state index contributed by atoms with van der Waals surface area (Å²) in [5, 5.41) is 16.1. The van der Waals surface area contributed by atoms with Gasteiger partial charge in [0.15, 0.2) is 5.69 Å². The van der Waals surface area contributed by atoms with E-state index in [1.165, 1.54) is 0 Å². The van der Waals surface area contributed by atoms with Crippen molar-refractivity contribution in [2.45, 2.75) is 19.8 Å². The van der Waals surface area contributed by atoms with Crippen LogP contribution in [0.15, 0.2) is 30.3 Å². The van der Waals surface area contributed by atoms with Gasteiger partial charge in [0.05, 0.1) is 18.2 Å². The molecule has 1 aliphatic carbocycles. The van der Waals surface area contributed by atoms with Gasteiger partial charge in [0.1, 0.15) is 5.75 Å². The SMILES string of the molecule is COc1ccc(-n2nc(C(=O)NCC3(C(=O)O)CC3)cc2C)cc1. The normalized spacial score (nSPS) is 14.9. The molecule has 1 heterocycles. The Balaban J connectivity index is 1.73. The standard InChI is InChI=1S/C17H19N3O4/c1-11-9-14(15(21)18-10-17(7-8-17)16(22)23)19-20(11)12-3-5-13(24-2)6-4-12/h3-6,9H,7-8,10H2,1-2H3,(H,18,21)(H,22,23). The Labute approximate surface area is 139 Å². The van der Waals surface area contributed by atoms with Gasteiger partial charge in [-0.05, 0) is 50.1 Å². The van der Waals surface area contributed by atoms with Gasteiger partial charge in [-0.15, -0.1) is 0 Å². The lowest BCUT2D eigenvalue weighted by molar-refractivity contribution is -0.143. The monoisotopic (exact) mass is 329 g/mol. The molecule has 0 bridgehead atoms. The van der Waals surface area contributed by atoms with E-state index in [-0.39, 0.29) is 18.1 Å². The molecule has 0 saturated heterocycles. The molecule has 7 heteroatoms. The zero-order valence-corrected chi connectivity index (χ0v) is 13.6. The van der Waals surface area contributed by atoms with E-state index in [2.05, 4.69) is 10.4 Å². The lowest BCUT2D eigenvalue weighted by Gasteiger charge is -2.09. The van der Waals surface area contributed by atoms with Crippen molar-refractivity contribution in [3.05, 3.63) is 41.7 Å². The summed E-state index contributed by atoms with van der Waals surface area (Å²) in [6.45, 7) is 1.99. The van der Waals surface area contributed by atoms with Crippen molar-refractivity contribution in [2.24, 2.45) is 5.41 Å². The van der Waals surface area contributed by atoms with Crippen molar-refractivity contribution in [3.63, 3.8) is 0 Å². The largest absolute Gasteiger partial charge is 0.497 e. The summed E-state index contributed by atoms with van der Waals surface area (Å²) in [5.74, 6) is -0.481. The Morgan fingerprint density at radius 2 is 2.00 bits per heavy atom. The topological polar surface area (TPSA) is 93.5 Å². The Hall–Kier alpha value is -2.83. The minimum absolute atomic E-state index is 0.135. The Kier molecular flexibility index (Phi) is 4.01. The van der Waals surface area contributed by atoms with Crippen LogP contribution in [0, 0.1) is 12.3 Å². The first-order chi connectivity index (χ1) is 11.4. The summed E-state index contributed by atoms with van der Waals surface area (Å²) < 4.78 is 6.79. The number of nitrogens with one attached hydrogen (secondary N) is 1. The zero-order valence-electron chi connectivity index (χ0n) is 13.6. The second kappa shape index (κ2) is 5.99. The van der Waals surface area contributed by atoms with E-state index >= 15 is 0 Å². The first-order valence-corrected chi connectivity index (χ1v) is 7.68. The molecular formula is C17H19N3O4. The van der Waals surface area contributed by atoms with Crippen LogP contribution in [-0.4, -0.2) is 40.4 Å². The maximum atomic E-state index is 12.2. The molecule has 0 unspecified atom stereocenters. The van der Waals surface area contributed by atoms with Crippen LogP contribution < -0.4 is 10.1 Å². The highest BCUT2D eigenvalue weighted by atomic mass is 16.5. The van der Waals surface area contributed by atoms with E-state index in [1.807, 2.05) is 31.2 Å². The molecular weight excluding hydrogens is 310 g/mol. The summed E-state index contributed by atoms with van der Waals surface area (Å²) in [6.07, 6.45) is 1.20. The molecule has 1 aromatic heterocycles. The van der Waals surface area contributed by atoms with Crippen LogP contribution in [-0.2, 0) is 4.79 Å². The summed E-state index contributed by atoms with van der Waals surface area (Å²) in [5.41, 5.74) is 1.11. The van der Waals surface area contributed by atoms with Gasteiger partial charge in [-0.1, -0.05) is 0 Å². The molecule has 1 aromatic carbocycles. The van der Waals surface area contributed by atoms with E-state index in [9.17, 15) is 9.59 Å². The van der Waals surface area contributed by atoms with Crippen molar-refractivity contribution in [1.82, 2.24) is 15.1 Å². The number of benzene rings is 1.